The number of benzene rings is 1. The normalized spacial score (nSPS) is 10.5. The van der Waals surface area contributed by atoms with Crippen LogP contribution in [-0.4, -0.2) is 37.5 Å². The molecule has 8 heteroatoms. The molecule has 0 saturated carbocycles. The standard InChI is InChI=1S/C14H16N4O4/c1-19-9-4-10(20-2)6-11(5-9)22-14-12(7-18-21-3)13(15)16-8-17-14/h4-8H,1-3H3,(H2,15,16,17)/b18-7+. The summed E-state index contributed by atoms with van der Waals surface area (Å²) in [6.45, 7) is 0. The summed E-state index contributed by atoms with van der Waals surface area (Å²) in [4.78, 5) is 12.6. The van der Waals surface area contributed by atoms with Crippen molar-refractivity contribution >= 4 is 12.0 Å². The predicted molar refractivity (Wildman–Crippen MR) is 80.7 cm³/mol. The average Bonchev–Trinajstić information content (AvgIpc) is 2.54. The van der Waals surface area contributed by atoms with E-state index in [1.807, 2.05) is 0 Å². The second-order valence-electron chi connectivity index (χ2n) is 4.05. The lowest BCUT2D eigenvalue weighted by atomic mass is 10.3. The van der Waals surface area contributed by atoms with Crippen LogP contribution in [0.5, 0.6) is 23.1 Å². The number of methoxy groups -OCH3 is 2. The zero-order valence-corrected chi connectivity index (χ0v) is 12.4. The first-order valence-electron chi connectivity index (χ1n) is 6.26. The van der Waals surface area contributed by atoms with Gasteiger partial charge in [-0.3, -0.25) is 0 Å². The summed E-state index contributed by atoms with van der Waals surface area (Å²) in [5.74, 6) is 2.11. The summed E-state index contributed by atoms with van der Waals surface area (Å²) < 4.78 is 16.1. The zero-order valence-electron chi connectivity index (χ0n) is 12.4. The number of hydrogen-bond acceptors (Lipinski definition) is 8. The van der Waals surface area contributed by atoms with Crippen molar-refractivity contribution in [2.45, 2.75) is 0 Å². The van der Waals surface area contributed by atoms with Gasteiger partial charge < -0.3 is 24.8 Å². The predicted octanol–water partition coefficient (Wildman–Crippen LogP) is 1.85. The molecule has 2 N–H and O–H groups in total. The molecular formula is C14H16N4O4. The van der Waals surface area contributed by atoms with Crippen LogP contribution < -0.4 is 19.9 Å². The van der Waals surface area contributed by atoms with Gasteiger partial charge in [-0.15, -0.1) is 0 Å². The van der Waals surface area contributed by atoms with Crippen LogP contribution in [0, 0.1) is 0 Å². The van der Waals surface area contributed by atoms with Gasteiger partial charge >= 0.3 is 0 Å². The quantitative estimate of drug-likeness (QED) is 0.642. The molecule has 2 aromatic rings. The summed E-state index contributed by atoms with van der Waals surface area (Å²) >= 11 is 0. The van der Waals surface area contributed by atoms with Crippen LogP contribution in [0.3, 0.4) is 0 Å². The Bertz CT molecular complexity index is 654. The maximum atomic E-state index is 5.80. The van der Waals surface area contributed by atoms with Crippen molar-refractivity contribution in [2.24, 2.45) is 5.16 Å². The number of nitrogens with two attached hydrogens (primary N) is 1. The van der Waals surface area contributed by atoms with Crippen molar-refractivity contribution in [1.82, 2.24) is 9.97 Å². The van der Waals surface area contributed by atoms with E-state index in [-0.39, 0.29) is 11.7 Å². The molecule has 0 unspecified atom stereocenters. The molecule has 0 spiro atoms. The molecule has 0 radical (unpaired) electrons. The molecule has 0 bridgehead atoms. The maximum absolute atomic E-state index is 5.80. The molecule has 22 heavy (non-hydrogen) atoms. The van der Waals surface area contributed by atoms with Gasteiger partial charge in [0.15, 0.2) is 0 Å². The van der Waals surface area contributed by atoms with E-state index in [1.165, 1.54) is 19.7 Å². The second kappa shape index (κ2) is 7.11. The molecule has 116 valence electrons. The van der Waals surface area contributed by atoms with E-state index in [2.05, 4.69) is 20.0 Å². The average molecular weight is 304 g/mol. The van der Waals surface area contributed by atoms with Gasteiger partial charge in [0.05, 0.1) is 20.4 Å². The molecule has 8 nitrogen and oxygen atoms in total. The Morgan fingerprint density at radius 2 is 1.64 bits per heavy atom. The minimum absolute atomic E-state index is 0.223. The van der Waals surface area contributed by atoms with Crippen LogP contribution in [-0.2, 0) is 4.84 Å². The molecule has 1 heterocycles. The highest BCUT2D eigenvalue weighted by Gasteiger charge is 2.11. The van der Waals surface area contributed by atoms with Crippen molar-refractivity contribution < 1.29 is 19.0 Å². The Labute approximate surface area is 127 Å². The van der Waals surface area contributed by atoms with Gasteiger partial charge in [-0.2, -0.15) is 0 Å². The Kier molecular flexibility index (Phi) is 4.97. The first-order valence-corrected chi connectivity index (χ1v) is 6.26. The molecule has 0 fully saturated rings. The van der Waals surface area contributed by atoms with E-state index in [1.54, 1.807) is 32.4 Å². The highest BCUT2D eigenvalue weighted by molar-refractivity contribution is 5.88. The number of ether oxygens (including phenoxy) is 3. The Balaban J connectivity index is 2.38. The number of rotatable bonds is 6. The molecule has 1 aromatic heterocycles. The molecule has 1 aromatic carbocycles. The molecule has 0 saturated heterocycles. The third-order valence-corrected chi connectivity index (χ3v) is 2.70. The summed E-state index contributed by atoms with van der Waals surface area (Å²) in [5, 5.41) is 3.66. The lowest BCUT2D eigenvalue weighted by Crippen LogP contribution is -2.02. The van der Waals surface area contributed by atoms with Gasteiger partial charge in [-0.1, -0.05) is 5.16 Å². The van der Waals surface area contributed by atoms with E-state index in [0.29, 0.717) is 22.8 Å². The first kappa shape index (κ1) is 15.4. The summed E-state index contributed by atoms with van der Waals surface area (Å²) in [6, 6.07) is 5.12. The van der Waals surface area contributed by atoms with Crippen LogP contribution in [0.1, 0.15) is 5.56 Å². The fourth-order valence-electron chi connectivity index (χ4n) is 1.65. The fourth-order valence-corrected chi connectivity index (χ4v) is 1.65. The number of nitrogen functional groups attached to an aromatic ring is 1. The molecule has 0 aliphatic carbocycles. The minimum Gasteiger partial charge on any atom is -0.496 e. The van der Waals surface area contributed by atoms with E-state index in [9.17, 15) is 0 Å². The van der Waals surface area contributed by atoms with E-state index >= 15 is 0 Å². The van der Waals surface area contributed by atoms with Gasteiger partial charge in [0.25, 0.3) is 0 Å². The van der Waals surface area contributed by atoms with Crippen LogP contribution in [0.4, 0.5) is 5.82 Å². The van der Waals surface area contributed by atoms with Crippen molar-refractivity contribution in [1.29, 1.82) is 0 Å². The largest absolute Gasteiger partial charge is 0.496 e. The summed E-state index contributed by atoms with van der Waals surface area (Å²) in [5.41, 5.74) is 6.21. The number of anilines is 1. The van der Waals surface area contributed by atoms with Crippen LogP contribution in [0.2, 0.25) is 0 Å². The van der Waals surface area contributed by atoms with Crippen molar-refractivity contribution in [3.63, 3.8) is 0 Å². The third kappa shape index (κ3) is 3.54. The minimum atomic E-state index is 0.223. The van der Waals surface area contributed by atoms with E-state index < -0.39 is 0 Å². The van der Waals surface area contributed by atoms with E-state index in [0.717, 1.165) is 0 Å². The van der Waals surface area contributed by atoms with Crippen molar-refractivity contribution in [3.05, 3.63) is 30.1 Å². The molecular weight excluding hydrogens is 288 g/mol. The molecule has 0 atom stereocenters. The fraction of sp³-hybridized carbons (Fsp3) is 0.214. The van der Waals surface area contributed by atoms with Crippen LogP contribution >= 0.6 is 0 Å². The topological polar surface area (TPSA) is 101 Å². The zero-order chi connectivity index (χ0) is 15.9. The lowest BCUT2D eigenvalue weighted by molar-refractivity contribution is 0.215. The highest BCUT2D eigenvalue weighted by atomic mass is 16.6. The Morgan fingerprint density at radius 3 is 2.23 bits per heavy atom. The molecule has 0 amide bonds. The first-order chi connectivity index (χ1) is 10.7. The van der Waals surface area contributed by atoms with E-state index in [4.69, 9.17) is 19.9 Å². The van der Waals surface area contributed by atoms with Gasteiger partial charge in [0.1, 0.15) is 42.1 Å². The van der Waals surface area contributed by atoms with Gasteiger partial charge in [-0.05, 0) is 0 Å². The molecule has 0 aliphatic rings. The highest BCUT2D eigenvalue weighted by Crippen LogP contribution is 2.31. The Hall–Kier alpha value is -3.03. The SMILES string of the molecule is CO/N=C/c1c(N)ncnc1Oc1cc(OC)cc(OC)c1. The Morgan fingerprint density at radius 1 is 1.00 bits per heavy atom. The van der Waals surface area contributed by atoms with Gasteiger partial charge in [0, 0.05) is 18.2 Å². The molecule has 2 rings (SSSR count). The monoisotopic (exact) mass is 304 g/mol. The van der Waals surface area contributed by atoms with Crippen molar-refractivity contribution in [2.75, 3.05) is 27.1 Å². The number of hydrogen-bond donors (Lipinski definition) is 1. The molecule has 0 aliphatic heterocycles. The van der Waals surface area contributed by atoms with Crippen molar-refractivity contribution in [3.8, 4) is 23.1 Å². The second-order valence-corrected chi connectivity index (χ2v) is 4.05. The number of oxime groups is 1. The lowest BCUT2D eigenvalue weighted by Gasteiger charge is -2.11. The van der Waals surface area contributed by atoms with Gasteiger partial charge in [0.2, 0.25) is 5.88 Å². The smallest absolute Gasteiger partial charge is 0.233 e. The van der Waals surface area contributed by atoms with Crippen LogP contribution in [0.25, 0.3) is 0 Å². The third-order valence-electron chi connectivity index (χ3n) is 2.70. The van der Waals surface area contributed by atoms with Gasteiger partial charge in [-0.25, -0.2) is 9.97 Å². The number of aromatic nitrogens is 2. The maximum Gasteiger partial charge on any atom is 0.233 e. The summed E-state index contributed by atoms with van der Waals surface area (Å²) in [7, 11) is 4.53. The number of nitrogens with zero attached hydrogens (tertiary/aromatic N) is 3. The van der Waals surface area contributed by atoms with Crippen LogP contribution in [0.15, 0.2) is 29.7 Å². The summed E-state index contributed by atoms with van der Waals surface area (Å²) in [6.07, 6.45) is 2.67.